The molecule has 0 aromatic carbocycles. The molecule has 12 nitrogen and oxygen atoms in total. The molecule has 0 aliphatic carbocycles. The molecule has 1 heterocycles. The lowest BCUT2D eigenvalue weighted by Crippen LogP contribution is -2.61. The zero-order valence-electron chi connectivity index (χ0n) is 50.2. The zero-order chi connectivity index (χ0) is 58.9. The summed E-state index contributed by atoms with van der Waals surface area (Å²) in [5.41, 5.74) is 0. The number of hydrogen-bond acceptors (Lipinski definition) is 11. The number of carboxylic acid groups (broad SMARTS) is 1. The van der Waals surface area contributed by atoms with Crippen molar-refractivity contribution in [3.63, 3.8) is 0 Å². The molecule has 6 unspecified atom stereocenters. The topological polar surface area (TPSA) is 175 Å². The molecule has 81 heavy (non-hydrogen) atoms. The maximum absolute atomic E-state index is 13.2. The van der Waals surface area contributed by atoms with Crippen molar-refractivity contribution >= 4 is 23.9 Å². The van der Waals surface area contributed by atoms with Gasteiger partial charge in [-0.25, -0.2) is 4.79 Å². The van der Waals surface area contributed by atoms with Crippen LogP contribution in [0.4, 0.5) is 0 Å². The van der Waals surface area contributed by atoms with E-state index in [9.17, 15) is 34.5 Å². The third-order valence-electron chi connectivity index (χ3n) is 13.2. The van der Waals surface area contributed by atoms with Crippen LogP contribution in [0.2, 0.25) is 0 Å². The second-order valence-corrected chi connectivity index (χ2v) is 20.6. The molecule has 0 radical (unpaired) electrons. The minimum atomic E-state index is -1.94. The van der Waals surface area contributed by atoms with Crippen LogP contribution < -0.4 is 0 Å². The van der Waals surface area contributed by atoms with Gasteiger partial charge in [-0.1, -0.05) is 244 Å². The lowest BCUT2D eigenvalue weighted by atomic mass is 9.98. The number of esters is 3. The van der Waals surface area contributed by atoms with Crippen molar-refractivity contribution in [2.24, 2.45) is 0 Å². The first kappa shape index (κ1) is 73.9. The Bertz CT molecular complexity index is 1920. The van der Waals surface area contributed by atoms with Crippen molar-refractivity contribution in [3.05, 3.63) is 134 Å². The smallest absolute Gasteiger partial charge is 0.335 e. The molecular formula is C69H108O12. The van der Waals surface area contributed by atoms with Gasteiger partial charge >= 0.3 is 23.9 Å². The molecule has 0 saturated carbocycles. The number of allylic oxidation sites excluding steroid dienone is 22. The van der Waals surface area contributed by atoms with Gasteiger partial charge in [-0.3, -0.25) is 14.4 Å². The van der Waals surface area contributed by atoms with Gasteiger partial charge in [0.2, 0.25) is 0 Å². The summed E-state index contributed by atoms with van der Waals surface area (Å²) in [6.45, 7) is 5.68. The van der Waals surface area contributed by atoms with Crippen LogP contribution in [0.3, 0.4) is 0 Å². The average molecular weight is 1130 g/mol. The maximum atomic E-state index is 13.2. The predicted octanol–water partition coefficient (Wildman–Crippen LogP) is 16.6. The summed E-state index contributed by atoms with van der Waals surface area (Å²) in [5.74, 6) is -3.32. The minimum absolute atomic E-state index is 0.0310. The lowest BCUT2D eigenvalue weighted by Gasteiger charge is -2.40. The van der Waals surface area contributed by atoms with Gasteiger partial charge in [-0.05, 0) is 96.3 Å². The fraction of sp³-hybridized carbons (Fsp3) is 0.623. The number of aliphatic hydroxyl groups is 2. The fourth-order valence-electron chi connectivity index (χ4n) is 8.55. The highest BCUT2D eigenvalue weighted by atomic mass is 16.7. The number of ether oxygens (including phenoxy) is 5. The van der Waals surface area contributed by atoms with Crippen LogP contribution >= 0.6 is 0 Å². The van der Waals surface area contributed by atoms with E-state index in [1.165, 1.54) is 70.6 Å². The van der Waals surface area contributed by atoms with Gasteiger partial charge in [0.1, 0.15) is 18.8 Å². The first-order valence-corrected chi connectivity index (χ1v) is 31.2. The highest BCUT2D eigenvalue weighted by Gasteiger charge is 2.50. The molecule has 6 atom stereocenters. The number of carbonyl (C=O) groups is 4. The van der Waals surface area contributed by atoms with E-state index < -0.39 is 67.3 Å². The van der Waals surface area contributed by atoms with Crippen LogP contribution in [0, 0.1) is 0 Å². The lowest BCUT2D eigenvalue weighted by molar-refractivity contribution is -0.301. The number of unbranched alkanes of at least 4 members (excludes halogenated alkanes) is 15. The molecule has 456 valence electrons. The maximum Gasteiger partial charge on any atom is 0.335 e. The van der Waals surface area contributed by atoms with E-state index in [-0.39, 0.29) is 25.9 Å². The minimum Gasteiger partial charge on any atom is -0.479 e. The SMILES string of the molecule is CC/C=C\C/C=C\C/C=C\C/C=C\C/C=C\C/C=C\CCC(=O)OCC(COC1OC(C(=O)O)C(O)C(O)C1OC(=O)CCC/C=C\C/C=C\C/C=C\C/C=C\C/C=C\CC)OC(=O)CCCCCCCCCCCCCCCCC. The highest BCUT2D eigenvalue weighted by molar-refractivity contribution is 5.74. The van der Waals surface area contributed by atoms with E-state index in [2.05, 4.69) is 130 Å². The van der Waals surface area contributed by atoms with Crippen molar-refractivity contribution in [1.82, 2.24) is 0 Å². The van der Waals surface area contributed by atoms with Gasteiger partial charge in [0, 0.05) is 19.3 Å². The number of hydrogen-bond donors (Lipinski definition) is 3. The Morgan fingerprint density at radius 2 is 0.802 bits per heavy atom. The third kappa shape index (κ3) is 45.1. The second-order valence-electron chi connectivity index (χ2n) is 20.6. The molecule has 0 bridgehead atoms. The van der Waals surface area contributed by atoms with Crippen molar-refractivity contribution in [3.8, 4) is 0 Å². The molecule has 12 heteroatoms. The summed E-state index contributed by atoms with van der Waals surface area (Å²) < 4.78 is 28.3. The van der Waals surface area contributed by atoms with Crippen molar-refractivity contribution in [1.29, 1.82) is 0 Å². The molecule has 0 aromatic rings. The van der Waals surface area contributed by atoms with E-state index in [1.54, 1.807) is 0 Å². The highest BCUT2D eigenvalue weighted by Crippen LogP contribution is 2.26. The molecule has 1 fully saturated rings. The van der Waals surface area contributed by atoms with E-state index in [0.717, 1.165) is 89.9 Å². The molecule has 0 aromatic heterocycles. The van der Waals surface area contributed by atoms with Crippen molar-refractivity contribution < 1.29 is 58.2 Å². The Kier molecular flexibility index (Phi) is 50.5. The predicted molar refractivity (Wildman–Crippen MR) is 330 cm³/mol. The molecule has 1 saturated heterocycles. The van der Waals surface area contributed by atoms with Gasteiger partial charge in [-0.15, -0.1) is 0 Å². The molecule has 1 rings (SSSR count). The Hall–Kier alpha value is -5.14. The second kappa shape index (κ2) is 55.4. The van der Waals surface area contributed by atoms with Crippen LogP contribution in [0.15, 0.2) is 134 Å². The van der Waals surface area contributed by atoms with Gasteiger partial charge in [-0.2, -0.15) is 0 Å². The first-order valence-electron chi connectivity index (χ1n) is 31.2. The summed E-state index contributed by atoms with van der Waals surface area (Å²) in [4.78, 5) is 51.2. The van der Waals surface area contributed by atoms with Crippen LogP contribution in [0.1, 0.15) is 226 Å². The van der Waals surface area contributed by atoms with Crippen molar-refractivity contribution in [2.45, 2.75) is 263 Å². The molecule has 1 aliphatic heterocycles. The standard InChI is InChI=1S/C69H108O12/c1-4-7-10-13-16-19-22-25-28-30-31-33-35-37-40-43-46-49-52-55-61(70)77-58-60(79-62(71)56-53-50-47-44-41-38-34-27-24-21-18-15-12-9-6-3)59-78-69-67(65(74)64(73)66(81-69)68(75)76)80-63(72)57-54-51-48-45-42-39-36-32-29-26-23-20-17-14-11-8-5-2/h7-8,10-11,16-17,19-20,25-26,28-29,31,33,36-37,39-40,45-46,48-49,60,64-67,69,73-74H,4-6,9,12-15,18,21-24,27,30,32,34-35,38,41-44,47,50-59H2,1-3H3,(H,75,76)/b10-7-,11-8-,19-16-,20-17-,28-25-,29-26-,33-31-,39-36-,40-37-,48-45-,49-46-. The molecule has 1 aliphatic rings. The third-order valence-corrected chi connectivity index (χ3v) is 13.2. The van der Waals surface area contributed by atoms with Crippen LogP contribution in [0.5, 0.6) is 0 Å². The van der Waals surface area contributed by atoms with E-state index >= 15 is 0 Å². The Labute approximate surface area is 490 Å². The number of carboxylic acids is 1. The number of aliphatic carboxylic acids is 1. The monoisotopic (exact) mass is 1130 g/mol. The number of rotatable bonds is 51. The van der Waals surface area contributed by atoms with Gasteiger partial charge < -0.3 is 39.0 Å². The van der Waals surface area contributed by atoms with E-state index in [0.29, 0.717) is 25.7 Å². The zero-order valence-corrected chi connectivity index (χ0v) is 50.2. The van der Waals surface area contributed by atoms with Crippen LogP contribution in [-0.4, -0.2) is 89.2 Å². The average Bonchev–Trinajstić information content (AvgIpc) is 3.53. The molecule has 0 amide bonds. The van der Waals surface area contributed by atoms with Crippen LogP contribution in [-0.2, 0) is 42.9 Å². The quantitative estimate of drug-likeness (QED) is 0.0228. The molecule has 0 spiro atoms. The molecule has 3 N–H and O–H groups in total. The fourth-order valence-corrected chi connectivity index (χ4v) is 8.55. The van der Waals surface area contributed by atoms with Crippen molar-refractivity contribution in [2.75, 3.05) is 13.2 Å². The number of aliphatic hydroxyl groups excluding tert-OH is 2. The van der Waals surface area contributed by atoms with Gasteiger partial charge in [0.05, 0.1) is 6.61 Å². The summed E-state index contributed by atoms with van der Waals surface area (Å²) >= 11 is 0. The number of carbonyl (C=O) groups excluding carboxylic acids is 3. The normalized spacial score (nSPS) is 18.7. The summed E-state index contributed by atoms with van der Waals surface area (Å²) in [5, 5.41) is 31.5. The Balaban J connectivity index is 2.76. The van der Waals surface area contributed by atoms with E-state index in [4.69, 9.17) is 23.7 Å². The largest absolute Gasteiger partial charge is 0.479 e. The Morgan fingerprint density at radius 1 is 0.420 bits per heavy atom. The van der Waals surface area contributed by atoms with Gasteiger partial charge in [0.15, 0.2) is 24.6 Å². The first-order chi connectivity index (χ1) is 39.6. The molecular weight excluding hydrogens is 1020 g/mol. The summed E-state index contributed by atoms with van der Waals surface area (Å²) in [7, 11) is 0. The van der Waals surface area contributed by atoms with Gasteiger partial charge in [0.25, 0.3) is 0 Å². The van der Waals surface area contributed by atoms with Crippen LogP contribution in [0.25, 0.3) is 0 Å². The van der Waals surface area contributed by atoms with E-state index in [1.807, 2.05) is 24.3 Å². The summed E-state index contributed by atoms with van der Waals surface area (Å²) in [6, 6.07) is 0. The Morgan fingerprint density at radius 3 is 1.22 bits per heavy atom. The summed E-state index contributed by atoms with van der Waals surface area (Å²) in [6.07, 6.45) is 65.7.